The summed E-state index contributed by atoms with van der Waals surface area (Å²) in [6.45, 7) is 0.215. The van der Waals surface area contributed by atoms with E-state index in [0.29, 0.717) is 35.4 Å². The number of primary amides is 1. The first-order valence-corrected chi connectivity index (χ1v) is 18.5. The molecule has 0 aliphatic carbocycles. The Hall–Kier alpha value is -5.42. The smallest absolute Gasteiger partial charge is 0.482 e. The normalized spacial score (nSPS) is 16.8. The molecule has 13 nitrogen and oxygen atoms in total. The average Bonchev–Trinajstić information content (AvgIpc) is 3.72. The fraction of sp³-hybridized carbons (Fsp3) is 0.459. The minimum atomic E-state index is -4.75. The van der Waals surface area contributed by atoms with Crippen molar-refractivity contribution in [3.05, 3.63) is 52.4 Å². The van der Waals surface area contributed by atoms with Crippen molar-refractivity contribution >= 4 is 56.7 Å². The van der Waals surface area contributed by atoms with Crippen molar-refractivity contribution in [2.24, 2.45) is 5.73 Å². The number of nitrogens with zero attached hydrogens (tertiary/aromatic N) is 1. The summed E-state index contributed by atoms with van der Waals surface area (Å²) in [5.74, 6) is 2.65. The van der Waals surface area contributed by atoms with E-state index < -0.39 is 61.1 Å². The molecule has 0 spiro atoms. The quantitative estimate of drug-likeness (QED) is 0.0884. The highest BCUT2D eigenvalue weighted by Gasteiger charge is 2.33. The summed E-state index contributed by atoms with van der Waals surface area (Å²) in [6, 6.07) is 7.30. The van der Waals surface area contributed by atoms with Crippen LogP contribution in [0.25, 0.3) is 10.1 Å². The van der Waals surface area contributed by atoms with Crippen LogP contribution in [0.15, 0.2) is 36.4 Å². The van der Waals surface area contributed by atoms with Crippen LogP contribution in [-0.2, 0) is 30.2 Å². The van der Waals surface area contributed by atoms with Gasteiger partial charge < -0.3 is 40.6 Å². The lowest BCUT2D eigenvalue weighted by Crippen LogP contribution is -2.43. The maximum atomic E-state index is 13.8. The Labute approximate surface area is 326 Å². The molecule has 2 fully saturated rings. The van der Waals surface area contributed by atoms with E-state index in [1.807, 2.05) is 0 Å². The van der Waals surface area contributed by atoms with Gasteiger partial charge in [-0.15, -0.1) is 11.3 Å². The van der Waals surface area contributed by atoms with Gasteiger partial charge in [0.25, 0.3) is 5.91 Å². The topological polar surface area (TPSA) is 171 Å². The van der Waals surface area contributed by atoms with Crippen molar-refractivity contribution in [1.82, 2.24) is 10.2 Å². The summed E-state index contributed by atoms with van der Waals surface area (Å²) >= 11 is 1.09. The van der Waals surface area contributed by atoms with Crippen molar-refractivity contribution in [3.63, 3.8) is 0 Å². The van der Waals surface area contributed by atoms with Gasteiger partial charge in [0.15, 0.2) is 12.7 Å². The second-order valence-corrected chi connectivity index (χ2v) is 14.2. The van der Waals surface area contributed by atoms with Gasteiger partial charge in [-0.05, 0) is 54.5 Å². The molecule has 2 atom stereocenters. The number of thiophene rings is 1. The van der Waals surface area contributed by atoms with Crippen molar-refractivity contribution in [2.75, 3.05) is 57.1 Å². The maximum absolute atomic E-state index is 13.8. The molecule has 3 heterocycles. The Morgan fingerprint density at radius 2 is 1.82 bits per heavy atom. The van der Waals surface area contributed by atoms with Gasteiger partial charge in [0.2, 0.25) is 5.91 Å². The molecule has 0 saturated carbocycles. The number of piperidine rings is 1. The Morgan fingerprint density at radius 1 is 1.07 bits per heavy atom. The zero-order valence-corrected chi connectivity index (χ0v) is 31.3. The van der Waals surface area contributed by atoms with Crippen molar-refractivity contribution in [1.29, 1.82) is 0 Å². The maximum Gasteiger partial charge on any atom is 0.508 e. The fourth-order valence-corrected chi connectivity index (χ4v) is 7.43. The van der Waals surface area contributed by atoms with Crippen molar-refractivity contribution < 1.29 is 64.5 Å². The minimum absolute atomic E-state index is 0.00699. The first-order valence-electron chi connectivity index (χ1n) is 17.6. The molecule has 20 heteroatoms. The van der Waals surface area contributed by atoms with E-state index in [1.165, 1.54) is 12.1 Å². The monoisotopic (exact) mass is 827 g/mol. The van der Waals surface area contributed by atoms with Crippen LogP contribution in [0, 0.1) is 11.8 Å². The number of nitrogens with two attached hydrogens (primary N) is 1. The lowest BCUT2D eigenvalue weighted by molar-refractivity contribution is -0.153. The predicted octanol–water partition coefficient (Wildman–Crippen LogP) is 5.36. The molecule has 308 valence electrons. The lowest BCUT2D eigenvalue weighted by Gasteiger charge is -2.33. The SMILES string of the molecule is COC(=O)C(CCC(N)=O)NC(=O)c1ccc(NCC#Cc2sc3c(NC4CCN(CC5COC(=O)O5)CC4)cccc3c2CC(F)(F)F)c(OCC(F)(F)F)c1. The van der Waals surface area contributed by atoms with Crippen LogP contribution in [0.2, 0.25) is 0 Å². The van der Waals surface area contributed by atoms with E-state index in [-0.39, 0.29) is 59.8 Å². The molecule has 2 saturated heterocycles. The molecule has 5 rings (SSSR count). The number of alkyl halides is 6. The summed E-state index contributed by atoms with van der Waals surface area (Å²) in [4.78, 5) is 49.9. The van der Waals surface area contributed by atoms with Gasteiger partial charge in [-0.3, -0.25) is 14.5 Å². The number of rotatable bonds is 15. The summed E-state index contributed by atoms with van der Waals surface area (Å²) in [5.41, 5.74) is 5.58. The standard InChI is InChI=1S/C37H39F6N5O8S/c1-53-34(51)28(9-10-31(44)49)47-33(50)21-7-8-26(29(16-21)55-20-37(41,42)43)45-13-3-6-30-25(17-36(38,39)40)24-4-2-5-27(32(24)57-30)46-22-11-14-48(15-12-22)18-23-19-54-35(52)56-23/h2,4-5,7-8,16,22-23,28,45-46H,9-15,17-20H2,1H3,(H2,44,49)(H,47,50). The second kappa shape index (κ2) is 18.7. The zero-order chi connectivity index (χ0) is 41.3. The lowest BCUT2D eigenvalue weighted by atomic mass is 10.0. The van der Waals surface area contributed by atoms with E-state index in [0.717, 1.165) is 37.4 Å². The number of cyclic esters (lactones) is 2. The molecule has 57 heavy (non-hydrogen) atoms. The Morgan fingerprint density at radius 3 is 2.47 bits per heavy atom. The van der Waals surface area contributed by atoms with Crippen molar-refractivity contribution in [3.8, 4) is 17.6 Å². The molecule has 2 amide bonds. The summed E-state index contributed by atoms with van der Waals surface area (Å²) in [7, 11) is 1.06. The first kappa shape index (κ1) is 42.7. The summed E-state index contributed by atoms with van der Waals surface area (Å²) in [5, 5.41) is 9.02. The third-order valence-electron chi connectivity index (χ3n) is 8.93. The molecule has 3 aromatic rings. The highest BCUT2D eigenvalue weighted by atomic mass is 32.1. The van der Waals surface area contributed by atoms with Gasteiger partial charge in [0.05, 0.1) is 41.0 Å². The van der Waals surface area contributed by atoms with Crippen LogP contribution < -0.4 is 26.4 Å². The highest BCUT2D eigenvalue weighted by Crippen LogP contribution is 2.39. The first-order chi connectivity index (χ1) is 27.0. The van der Waals surface area contributed by atoms with Crippen molar-refractivity contribution in [2.45, 2.75) is 62.6 Å². The second-order valence-electron chi connectivity index (χ2n) is 13.2. The number of ether oxygens (including phenoxy) is 4. The largest absolute Gasteiger partial charge is 0.508 e. The molecular formula is C37H39F6N5O8S. The number of methoxy groups -OCH3 is 1. The third kappa shape index (κ3) is 12.5. The van der Waals surface area contributed by atoms with Crippen LogP contribution >= 0.6 is 11.3 Å². The number of carbonyl (C=O) groups is 4. The zero-order valence-electron chi connectivity index (χ0n) is 30.4. The van der Waals surface area contributed by atoms with E-state index in [2.05, 4.69) is 37.4 Å². The minimum Gasteiger partial charge on any atom is -0.482 e. The number of nitrogens with one attached hydrogen (secondary N) is 3. The van der Waals surface area contributed by atoms with Crippen LogP contribution in [0.3, 0.4) is 0 Å². The van der Waals surface area contributed by atoms with Crippen LogP contribution in [0.5, 0.6) is 5.75 Å². The molecule has 2 aliphatic rings. The number of fused-ring (bicyclic) bond motifs is 1. The summed E-state index contributed by atoms with van der Waals surface area (Å²) < 4.78 is 101. The fourth-order valence-electron chi connectivity index (χ4n) is 6.26. The number of likely N-dealkylation sites (tertiary alicyclic amines) is 1. The molecular weight excluding hydrogens is 788 g/mol. The number of esters is 1. The molecule has 1 aromatic heterocycles. The molecule has 2 aliphatic heterocycles. The van der Waals surface area contributed by atoms with Gasteiger partial charge >= 0.3 is 24.5 Å². The Bertz CT molecular complexity index is 2010. The number of amides is 2. The summed E-state index contributed by atoms with van der Waals surface area (Å²) in [6.07, 6.45) is -10.5. The van der Waals surface area contributed by atoms with E-state index in [1.54, 1.807) is 18.2 Å². The van der Waals surface area contributed by atoms with E-state index in [9.17, 15) is 45.5 Å². The third-order valence-corrected chi connectivity index (χ3v) is 10.1. The average molecular weight is 828 g/mol. The molecule has 5 N–H and O–H groups in total. The predicted molar refractivity (Wildman–Crippen MR) is 196 cm³/mol. The Kier molecular flexibility index (Phi) is 14.0. The van der Waals surface area contributed by atoms with Gasteiger partial charge in [-0.2, -0.15) is 26.3 Å². The Balaban J connectivity index is 1.31. The number of benzene rings is 2. The molecule has 0 bridgehead atoms. The molecule has 2 aromatic carbocycles. The van der Waals surface area contributed by atoms with Gasteiger partial charge in [-0.1, -0.05) is 24.0 Å². The van der Waals surface area contributed by atoms with Crippen LogP contribution in [-0.4, -0.2) is 106 Å². The number of hydrogen-bond acceptors (Lipinski definition) is 12. The van der Waals surface area contributed by atoms with Gasteiger partial charge in [-0.25, -0.2) is 9.59 Å². The number of anilines is 2. The molecule has 0 radical (unpaired) electrons. The highest BCUT2D eigenvalue weighted by molar-refractivity contribution is 7.20. The number of hydrogen-bond donors (Lipinski definition) is 4. The number of halogens is 6. The van der Waals surface area contributed by atoms with E-state index >= 15 is 0 Å². The number of carbonyl (C=O) groups excluding carboxylic acids is 4. The van der Waals surface area contributed by atoms with Gasteiger partial charge in [0.1, 0.15) is 18.4 Å². The van der Waals surface area contributed by atoms with Crippen LogP contribution in [0.4, 0.5) is 42.5 Å². The van der Waals surface area contributed by atoms with Gasteiger partial charge in [0, 0.05) is 37.7 Å². The van der Waals surface area contributed by atoms with Crippen LogP contribution in [0.1, 0.15) is 46.5 Å². The van der Waals surface area contributed by atoms with E-state index in [4.69, 9.17) is 19.9 Å². The molecule has 2 unspecified atom stereocenters.